The molecule has 5 rings (SSSR count). The maximum atomic E-state index is 5.02. The lowest BCUT2D eigenvalue weighted by atomic mass is 9.87. The Labute approximate surface area is 290 Å². The van der Waals surface area contributed by atoms with E-state index in [1.54, 1.807) is 0 Å². The number of pyridine rings is 2. The maximum Gasteiger partial charge on any atom is 0.0545 e. The summed E-state index contributed by atoms with van der Waals surface area (Å²) in [6.07, 6.45) is 0. The number of hydrogen-bond acceptors (Lipinski definition) is 6. The van der Waals surface area contributed by atoms with Crippen LogP contribution < -0.4 is 21.3 Å². The molecule has 3 heterocycles. The highest BCUT2D eigenvalue weighted by molar-refractivity contribution is 5.43. The van der Waals surface area contributed by atoms with Gasteiger partial charge in [-0.25, -0.2) is 0 Å². The summed E-state index contributed by atoms with van der Waals surface area (Å²) in [4.78, 5) is 10.0. The van der Waals surface area contributed by atoms with Crippen LogP contribution in [-0.2, 0) is 52.4 Å². The van der Waals surface area contributed by atoms with Gasteiger partial charge in [-0.1, -0.05) is 91.8 Å². The molecule has 2 aromatic heterocycles. The smallest absolute Gasteiger partial charge is 0.0545 e. The van der Waals surface area contributed by atoms with E-state index in [2.05, 4.69) is 137 Å². The van der Waals surface area contributed by atoms with Gasteiger partial charge in [-0.05, 0) is 92.4 Å². The van der Waals surface area contributed by atoms with Gasteiger partial charge in [0.05, 0.1) is 22.8 Å². The highest BCUT2D eigenvalue weighted by atomic mass is 14.9. The molecule has 6 heteroatoms. The van der Waals surface area contributed by atoms with Crippen LogP contribution in [0.4, 0.5) is 0 Å². The Morgan fingerprint density at radius 1 is 0.375 bits per heavy atom. The van der Waals surface area contributed by atoms with Crippen LogP contribution in [0.25, 0.3) is 0 Å². The van der Waals surface area contributed by atoms with Gasteiger partial charge >= 0.3 is 0 Å². The topological polar surface area (TPSA) is 73.9 Å². The summed E-state index contributed by atoms with van der Waals surface area (Å²) >= 11 is 0. The maximum absolute atomic E-state index is 5.02. The zero-order valence-electron chi connectivity index (χ0n) is 30.6. The van der Waals surface area contributed by atoms with E-state index in [9.17, 15) is 0 Å². The van der Waals surface area contributed by atoms with Gasteiger partial charge in [0.25, 0.3) is 0 Å². The second-order valence-electron chi connectivity index (χ2n) is 14.8. The highest BCUT2D eigenvalue weighted by Gasteiger charge is 2.17. The molecule has 0 radical (unpaired) electrons. The summed E-state index contributed by atoms with van der Waals surface area (Å²) in [5.74, 6) is 1.82. The van der Waals surface area contributed by atoms with Crippen molar-refractivity contribution in [2.45, 2.75) is 131 Å². The molecule has 8 bridgehead atoms. The Balaban J connectivity index is 1.45. The fraction of sp³-hybridized carbons (Fsp3) is 0.476. The van der Waals surface area contributed by atoms with E-state index in [4.69, 9.17) is 9.97 Å². The van der Waals surface area contributed by atoms with Gasteiger partial charge in [0.2, 0.25) is 0 Å². The number of rotatable bonds is 4. The molecule has 0 saturated heterocycles. The number of fused-ring (bicyclic) bond motifs is 8. The fourth-order valence-corrected chi connectivity index (χ4v) is 6.98. The normalized spacial score (nSPS) is 15.2. The third-order valence-corrected chi connectivity index (χ3v) is 9.51. The third kappa shape index (κ3) is 9.38. The predicted octanol–water partition coefficient (Wildman–Crippen LogP) is 8.44. The van der Waals surface area contributed by atoms with Gasteiger partial charge in [-0.15, -0.1) is 0 Å². The van der Waals surface area contributed by atoms with Gasteiger partial charge in [0, 0.05) is 52.4 Å². The minimum Gasteiger partial charge on any atom is -0.307 e. The summed E-state index contributed by atoms with van der Waals surface area (Å²) in [7, 11) is 0. The van der Waals surface area contributed by atoms with Crippen LogP contribution in [0.15, 0.2) is 60.7 Å². The first-order valence-electron chi connectivity index (χ1n) is 18.1. The number of hydrogen-bond donors (Lipinski definition) is 4. The molecule has 0 unspecified atom stereocenters. The van der Waals surface area contributed by atoms with E-state index < -0.39 is 0 Å². The minimum absolute atomic E-state index is 0.454. The lowest BCUT2D eigenvalue weighted by Crippen LogP contribution is -2.21. The Hall–Kier alpha value is -3.42. The van der Waals surface area contributed by atoms with E-state index in [1.807, 2.05) is 0 Å². The Bertz CT molecular complexity index is 1430. The standard InChI is InChI=1S/C42H58N6/c1-27(2)39-17-40(28(3)4)32-15-31(39)19-43-23-35-11-9-12-37(47-35)25-45-21-33-16-34(42(30(7)8)18-41(33)29(5)6)22-46-26-38-14-10-13-36(48-38)24-44-20-32/h9-18,27-30,43-46H,19-26H2,1-8H3. The third-order valence-electron chi connectivity index (χ3n) is 9.51. The van der Waals surface area contributed by atoms with Gasteiger partial charge in [0.1, 0.15) is 0 Å². The molecule has 6 nitrogen and oxygen atoms in total. The van der Waals surface area contributed by atoms with Gasteiger partial charge in [-0.2, -0.15) is 0 Å². The van der Waals surface area contributed by atoms with Crippen molar-refractivity contribution in [3.63, 3.8) is 0 Å². The molecule has 2 aromatic carbocycles. The summed E-state index contributed by atoms with van der Waals surface area (Å²) < 4.78 is 0. The van der Waals surface area contributed by atoms with Crippen LogP contribution in [-0.4, -0.2) is 9.97 Å². The molecule has 0 amide bonds. The van der Waals surface area contributed by atoms with Gasteiger partial charge in [-0.3, -0.25) is 9.97 Å². The van der Waals surface area contributed by atoms with Gasteiger partial charge < -0.3 is 21.3 Å². The Morgan fingerprint density at radius 2 is 0.625 bits per heavy atom. The minimum atomic E-state index is 0.454. The van der Waals surface area contributed by atoms with Crippen molar-refractivity contribution in [1.29, 1.82) is 0 Å². The molecule has 0 spiro atoms. The molecule has 4 N–H and O–H groups in total. The van der Waals surface area contributed by atoms with Crippen molar-refractivity contribution in [2.75, 3.05) is 0 Å². The van der Waals surface area contributed by atoms with Crippen LogP contribution in [0.1, 0.15) is 146 Å². The molecule has 0 fully saturated rings. The second-order valence-corrected chi connectivity index (χ2v) is 14.8. The molecule has 0 saturated carbocycles. The van der Waals surface area contributed by atoms with E-state index in [0.29, 0.717) is 23.7 Å². The van der Waals surface area contributed by atoms with Crippen molar-refractivity contribution in [2.24, 2.45) is 0 Å². The quantitative estimate of drug-likeness (QED) is 0.178. The lowest BCUT2D eigenvalue weighted by molar-refractivity contribution is 0.633. The molecular formula is C42H58N6. The lowest BCUT2D eigenvalue weighted by Gasteiger charge is -2.22. The predicted molar refractivity (Wildman–Crippen MR) is 200 cm³/mol. The van der Waals surface area contributed by atoms with Crippen LogP contribution >= 0.6 is 0 Å². The number of benzene rings is 2. The van der Waals surface area contributed by atoms with Crippen molar-refractivity contribution in [3.05, 3.63) is 128 Å². The van der Waals surface area contributed by atoms with E-state index in [0.717, 1.165) is 75.1 Å². The molecular weight excluding hydrogens is 589 g/mol. The molecule has 1 aliphatic heterocycles. The number of nitrogens with zero attached hydrogens (tertiary/aromatic N) is 2. The average molecular weight is 647 g/mol. The zero-order chi connectivity index (χ0) is 34.2. The van der Waals surface area contributed by atoms with Crippen molar-refractivity contribution in [3.8, 4) is 0 Å². The molecule has 48 heavy (non-hydrogen) atoms. The summed E-state index contributed by atoms with van der Waals surface area (Å²) in [6.45, 7) is 24.6. The first-order valence-corrected chi connectivity index (χ1v) is 18.1. The molecule has 256 valence electrons. The van der Waals surface area contributed by atoms with Gasteiger partial charge in [0.15, 0.2) is 0 Å². The van der Waals surface area contributed by atoms with Crippen molar-refractivity contribution in [1.82, 2.24) is 31.2 Å². The van der Waals surface area contributed by atoms with Crippen LogP contribution in [0.5, 0.6) is 0 Å². The second kappa shape index (κ2) is 16.8. The zero-order valence-corrected chi connectivity index (χ0v) is 30.6. The Morgan fingerprint density at radius 3 is 0.854 bits per heavy atom. The summed E-state index contributed by atoms with van der Waals surface area (Å²) in [5, 5.41) is 14.9. The molecule has 0 atom stereocenters. The summed E-state index contributed by atoms with van der Waals surface area (Å²) in [5.41, 5.74) is 15.5. The molecule has 1 aliphatic rings. The monoisotopic (exact) mass is 646 g/mol. The summed E-state index contributed by atoms with van der Waals surface area (Å²) in [6, 6.07) is 22.5. The van der Waals surface area contributed by atoms with E-state index >= 15 is 0 Å². The van der Waals surface area contributed by atoms with E-state index in [1.165, 1.54) is 44.5 Å². The SMILES string of the molecule is CC(C)c1cc(C(C)C)c2cc1CNCc1cccc(n1)CNCc1cc(c(C(C)C)cc1C(C)C)CNCc1cccc(n1)CNC2. The highest BCUT2D eigenvalue weighted by Crippen LogP contribution is 2.30. The molecule has 4 aromatic rings. The number of nitrogens with one attached hydrogen (secondary N) is 4. The number of aromatic nitrogens is 2. The van der Waals surface area contributed by atoms with Crippen molar-refractivity contribution < 1.29 is 0 Å². The first kappa shape index (κ1) is 35.9. The van der Waals surface area contributed by atoms with Crippen molar-refractivity contribution >= 4 is 0 Å². The van der Waals surface area contributed by atoms with Crippen LogP contribution in [0, 0.1) is 0 Å². The van der Waals surface area contributed by atoms with E-state index in [-0.39, 0.29) is 0 Å². The first-order chi connectivity index (χ1) is 23.1. The largest absolute Gasteiger partial charge is 0.307 e. The van der Waals surface area contributed by atoms with Crippen LogP contribution in [0.2, 0.25) is 0 Å². The van der Waals surface area contributed by atoms with Crippen LogP contribution in [0.3, 0.4) is 0 Å². The Kier molecular flexibility index (Phi) is 12.6. The molecule has 0 aliphatic carbocycles. The average Bonchev–Trinajstić information content (AvgIpc) is 3.04. The fourth-order valence-electron chi connectivity index (χ4n) is 6.98.